The predicted molar refractivity (Wildman–Crippen MR) is 59.2 cm³/mol. The summed E-state index contributed by atoms with van der Waals surface area (Å²) >= 11 is 0. The number of rotatable bonds is 3. The summed E-state index contributed by atoms with van der Waals surface area (Å²) in [6.07, 6.45) is 8.42. The largest absolute Gasteiger partial charge is 0.389 e. The maximum atomic E-state index is 5.27. The van der Waals surface area contributed by atoms with Crippen molar-refractivity contribution in [2.45, 2.75) is 32.3 Å². The Balaban J connectivity index is 1.78. The molecule has 79 valence electrons. The van der Waals surface area contributed by atoms with Gasteiger partial charge in [0.15, 0.2) is 6.61 Å². The fourth-order valence-corrected chi connectivity index (χ4v) is 1.57. The number of hydrogen-bond acceptors (Lipinski definition) is 3. The molecule has 0 aromatic carbocycles. The van der Waals surface area contributed by atoms with Crippen LogP contribution in [-0.4, -0.2) is 10.7 Å². The third-order valence-electron chi connectivity index (χ3n) is 2.41. The molecule has 3 nitrogen and oxygen atoms in total. The summed E-state index contributed by atoms with van der Waals surface area (Å²) in [4.78, 5) is 9.43. The average molecular weight is 203 g/mol. The Labute approximate surface area is 90.2 Å². The molecule has 0 aliphatic heterocycles. The Hall–Kier alpha value is -1.38. The minimum Gasteiger partial charge on any atom is -0.389 e. The van der Waals surface area contributed by atoms with Crippen molar-refractivity contribution in [1.82, 2.24) is 4.98 Å². The van der Waals surface area contributed by atoms with Crippen molar-refractivity contribution >= 4 is 5.71 Å². The van der Waals surface area contributed by atoms with E-state index in [1.807, 2.05) is 18.2 Å². The molecule has 1 radical (unpaired) electrons. The molecule has 15 heavy (non-hydrogen) atoms. The van der Waals surface area contributed by atoms with Crippen LogP contribution < -0.4 is 0 Å². The second kappa shape index (κ2) is 5.49. The van der Waals surface area contributed by atoms with E-state index < -0.39 is 0 Å². The highest BCUT2D eigenvalue weighted by molar-refractivity contribution is 5.84. The van der Waals surface area contributed by atoms with Gasteiger partial charge >= 0.3 is 0 Å². The lowest BCUT2D eigenvalue weighted by Gasteiger charge is -2.11. The van der Waals surface area contributed by atoms with Crippen molar-refractivity contribution in [2.24, 2.45) is 5.16 Å². The first-order valence-electron chi connectivity index (χ1n) is 5.34. The normalized spacial score (nSPS) is 16.1. The third-order valence-corrected chi connectivity index (χ3v) is 2.41. The summed E-state index contributed by atoms with van der Waals surface area (Å²) in [5.74, 6) is 0. The van der Waals surface area contributed by atoms with Crippen LogP contribution in [0.2, 0.25) is 0 Å². The fourth-order valence-electron chi connectivity index (χ4n) is 1.57. The lowest BCUT2D eigenvalue weighted by atomic mass is 9.99. The topological polar surface area (TPSA) is 34.5 Å². The van der Waals surface area contributed by atoms with E-state index in [9.17, 15) is 0 Å². The molecule has 1 heterocycles. The first kappa shape index (κ1) is 10.1. The third kappa shape index (κ3) is 3.35. The van der Waals surface area contributed by atoms with Crippen molar-refractivity contribution in [1.29, 1.82) is 0 Å². The van der Waals surface area contributed by atoms with E-state index in [4.69, 9.17) is 4.84 Å². The van der Waals surface area contributed by atoms with Gasteiger partial charge in [-0.3, -0.25) is 4.98 Å². The Bertz CT molecular complexity index is 314. The summed E-state index contributed by atoms with van der Waals surface area (Å²) < 4.78 is 0. The number of aromatic nitrogens is 1. The van der Waals surface area contributed by atoms with Gasteiger partial charge in [-0.15, -0.1) is 0 Å². The van der Waals surface area contributed by atoms with Gasteiger partial charge in [0.05, 0.1) is 11.4 Å². The Kier molecular flexibility index (Phi) is 3.71. The van der Waals surface area contributed by atoms with Crippen LogP contribution in [0.15, 0.2) is 29.6 Å². The van der Waals surface area contributed by atoms with Crippen LogP contribution >= 0.6 is 0 Å². The monoisotopic (exact) mass is 203 g/mol. The van der Waals surface area contributed by atoms with E-state index in [1.54, 1.807) is 6.20 Å². The van der Waals surface area contributed by atoms with Gasteiger partial charge in [0.2, 0.25) is 0 Å². The predicted octanol–water partition coefficient (Wildman–Crippen LogP) is 2.73. The number of hydrogen-bond donors (Lipinski definition) is 0. The van der Waals surface area contributed by atoms with Gasteiger partial charge in [-0.1, -0.05) is 11.2 Å². The van der Waals surface area contributed by atoms with Gasteiger partial charge in [-0.25, -0.2) is 0 Å². The van der Waals surface area contributed by atoms with E-state index in [2.05, 4.69) is 16.6 Å². The molecule has 3 heteroatoms. The maximum absolute atomic E-state index is 5.27. The molecule has 1 aromatic heterocycles. The van der Waals surface area contributed by atoms with Crippen molar-refractivity contribution in [3.05, 3.63) is 36.5 Å². The molecule has 0 atom stereocenters. The van der Waals surface area contributed by atoms with Crippen LogP contribution in [0.3, 0.4) is 0 Å². The highest BCUT2D eigenvalue weighted by atomic mass is 16.6. The highest BCUT2D eigenvalue weighted by Gasteiger charge is 2.07. The zero-order valence-corrected chi connectivity index (χ0v) is 8.72. The second-order valence-corrected chi connectivity index (χ2v) is 3.62. The molecule has 1 aliphatic rings. The summed E-state index contributed by atoms with van der Waals surface area (Å²) in [6, 6.07) is 5.79. The average Bonchev–Trinajstić information content (AvgIpc) is 2.32. The molecular weight excluding hydrogens is 188 g/mol. The molecule has 0 N–H and O–H groups in total. The molecule has 0 unspecified atom stereocenters. The minimum absolute atomic E-state index is 0.466. The van der Waals surface area contributed by atoms with Crippen molar-refractivity contribution in [2.75, 3.05) is 0 Å². The zero-order chi connectivity index (χ0) is 10.3. The molecule has 1 aliphatic carbocycles. The molecule has 0 spiro atoms. The Morgan fingerprint density at radius 3 is 2.87 bits per heavy atom. The maximum Gasteiger partial charge on any atom is 0.159 e. The van der Waals surface area contributed by atoms with E-state index in [0.29, 0.717) is 6.61 Å². The van der Waals surface area contributed by atoms with Crippen LogP contribution in [0.4, 0.5) is 0 Å². The number of pyridine rings is 1. The van der Waals surface area contributed by atoms with Crippen LogP contribution in [0.5, 0.6) is 0 Å². The van der Waals surface area contributed by atoms with E-state index in [0.717, 1.165) is 31.4 Å². The highest BCUT2D eigenvalue weighted by Crippen LogP contribution is 2.14. The second-order valence-electron chi connectivity index (χ2n) is 3.62. The Morgan fingerprint density at radius 1 is 1.27 bits per heavy atom. The number of oxime groups is 1. The van der Waals surface area contributed by atoms with Gasteiger partial charge < -0.3 is 4.84 Å². The molecule has 1 aromatic rings. The Morgan fingerprint density at radius 2 is 2.13 bits per heavy atom. The summed E-state index contributed by atoms with van der Waals surface area (Å²) in [6.45, 7) is 0.466. The van der Waals surface area contributed by atoms with Crippen molar-refractivity contribution in [3.8, 4) is 0 Å². The quantitative estimate of drug-likeness (QED) is 0.708. The number of nitrogens with zero attached hydrogens (tertiary/aromatic N) is 2. The van der Waals surface area contributed by atoms with Gasteiger partial charge in [0.1, 0.15) is 0 Å². The molecular formula is C12H15N2O. The standard InChI is InChI=1S/C12H15N2O/c1-2-6-11(7-3-1)14-15-10-12-8-4-5-9-13-12/h1,4-5,8-9H,2-3,6-7,10H2. The summed E-state index contributed by atoms with van der Waals surface area (Å²) in [7, 11) is 0. The minimum atomic E-state index is 0.466. The molecule has 0 amide bonds. The van der Waals surface area contributed by atoms with Gasteiger partial charge in [0, 0.05) is 6.20 Å². The smallest absolute Gasteiger partial charge is 0.159 e. The van der Waals surface area contributed by atoms with Crippen LogP contribution in [-0.2, 0) is 11.4 Å². The first-order chi connectivity index (χ1) is 7.45. The summed E-state index contributed by atoms with van der Waals surface area (Å²) in [5.41, 5.74) is 2.10. The SMILES string of the molecule is [CH]1CCC(=NOCc2ccccn2)CC1. The van der Waals surface area contributed by atoms with Crippen molar-refractivity contribution < 1.29 is 4.84 Å². The molecule has 0 saturated heterocycles. The van der Waals surface area contributed by atoms with Crippen LogP contribution in [0.1, 0.15) is 31.4 Å². The lowest BCUT2D eigenvalue weighted by Crippen LogP contribution is -2.05. The van der Waals surface area contributed by atoms with E-state index in [-0.39, 0.29) is 0 Å². The zero-order valence-electron chi connectivity index (χ0n) is 8.72. The molecule has 2 rings (SSSR count). The van der Waals surface area contributed by atoms with Gasteiger partial charge in [-0.05, 0) is 44.2 Å². The summed E-state index contributed by atoms with van der Waals surface area (Å²) in [5, 5.41) is 4.14. The van der Waals surface area contributed by atoms with E-state index in [1.165, 1.54) is 5.71 Å². The first-order valence-corrected chi connectivity index (χ1v) is 5.34. The van der Waals surface area contributed by atoms with Crippen LogP contribution in [0.25, 0.3) is 0 Å². The molecule has 1 saturated carbocycles. The lowest BCUT2D eigenvalue weighted by molar-refractivity contribution is 0.126. The molecule has 1 fully saturated rings. The van der Waals surface area contributed by atoms with Gasteiger partial charge in [-0.2, -0.15) is 0 Å². The van der Waals surface area contributed by atoms with Crippen molar-refractivity contribution in [3.63, 3.8) is 0 Å². The van der Waals surface area contributed by atoms with E-state index >= 15 is 0 Å². The molecule has 0 bridgehead atoms. The van der Waals surface area contributed by atoms with Crippen LogP contribution in [0, 0.1) is 6.42 Å². The fraction of sp³-hybridized carbons (Fsp3) is 0.417. The van der Waals surface area contributed by atoms with Gasteiger partial charge in [0.25, 0.3) is 0 Å².